The summed E-state index contributed by atoms with van der Waals surface area (Å²) in [6.07, 6.45) is 0. The highest BCUT2D eigenvalue weighted by Crippen LogP contribution is 2.25. The van der Waals surface area contributed by atoms with Crippen molar-refractivity contribution in [3.63, 3.8) is 0 Å². The fourth-order valence-corrected chi connectivity index (χ4v) is 2.93. The molecule has 0 radical (unpaired) electrons. The maximum atomic E-state index is 12.5. The van der Waals surface area contributed by atoms with E-state index in [4.69, 9.17) is 11.6 Å². The average molecular weight is 356 g/mol. The van der Waals surface area contributed by atoms with E-state index < -0.39 is 5.91 Å². The van der Waals surface area contributed by atoms with Gasteiger partial charge in [-0.3, -0.25) is 9.59 Å². The number of piperazine rings is 1. The van der Waals surface area contributed by atoms with E-state index in [1.165, 1.54) is 28.0 Å². The van der Waals surface area contributed by atoms with Gasteiger partial charge < -0.3 is 14.9 Å². The quantitative estimate of drug-likeness (QED) is 0.896. The predicted molar refractivity (Wildman–Crippen MR) is 92.5 cm³/mol. The lowest BCUT2D eigenvalue weighted by Crippen LogP contribution is -2.52. The molecule has 1 saturated heterocycles. The van der Waals surface area contributed by atoms with Gasteiger partial charge in [-0.1, -0.05) is 23.7 Å². The van der Waals surface area contributed by atoms with Crippen LogP contribution < -0.4 is 4.90 Å². The molecule has 25 heavy (non-hydrogen) atoms. The van der Waals surface area contributed by atoms with Crippen LogP contribution in [0.1, 0.15) is 15.9 Å². The number of aromatic hydroxyl groups is 1. The molecule has 0 saturated carbocycles. The lowest BCUT2D eigenvalue weighted by Gasteiger charge is -2.34. The Morgan fingerprint density at radius 3 is 2.64 bits per heavy atom. The summed E-state index contributed by atoms with van der Waals surface area (Å²) in [5.41, 5.74) is 1.05. The van der Waals surface area contributed by atoms with Crippen molar-refractivity contribution in [1.82, 2.24) is 4.90 Å². The molecule has 0 spiro atoms. The second-order valence-electron chi connectivity index (χ2n) is 5.56. The number of halogens is 1. The zero-order valence-corrected chi connectivity index (χ0v) is 13.9. The molecule has 7 heteroatoms. The van der Waals surface area contributed by atoms with Crippen LogP contribution in [0.3, 0.4) is 0 Å². The number of rotatable bonds is 2. The van der Waals surface area contributed by atoms with Gasteiger partial charge in [0.2, 0.25) is 5.91 Å². The second-order valence-corrected chi connectivity index (χ2v) is 6.00. The standard InChI is InChI=1S/C18H14ClN3O3/c19-13-5-6-14(16(23)9-13)18(25)21-7-8-22(17(24)11-21)15-4-2-1-3-12(15)10-20/h1-6,9,23H,7-8,11H2. The van der Waals surface area contributed by atoms with Gasteiger partial charge in [0.25, 0.3) is 5.91 Å². The normalized spacial score (nSPS) is 14.3. The van der Waals surface area contributed by atoms with Crippen molar-refractivity contribution in [2.45, 2.75) is 0 Å². The van der Waals surface area contributed by atoms with Crippen LogP contribution in [0.5, 0.6) is 5.75 Å². The van der Waals surface area contributed by atoms with Crippen molar-refractivity contribution in [1.29, 1.82) is 5.26 Å². The number of benzene rings is 2. The summed E-state index contributed by atoms with van der Waals surface area (Å²) in [5.74, 6) is -0.936. The predicted octanol–water partition coefficient (Wildman–Crippen LogP) is 2.41. The number of phenols is 1. The van der Waals surface area contributed by atoms with Gasteiger partial charge in [0.05, 0.1) is 16.8 Å². The third-order valence-corrected chi connectivity index (χ3v) is 4.25. The van der Waals surface area contributed by atoms with Crippen LogP contribution >= 0.6 is 11.6 Å². The van der Waals surface area contributed by atoms with Crippen LogP contribution in [-0.4, -0.2) is 41.5 Å². The first kappa shape index (κ1) is 16.8. The molecule has 2 aromatic rings. The molecule has 126 valence electrons. The van der Waals surface area contributed by atoms with Crippen molar-refractivity contribution in [3.8, 4) is 11.8 Å². The molecule has 1 N–H and O–H groups in total. The molecule has 3 rings (SSSR count). The summed E-state index contributed by atoms with van der Waals surface area (Å²) in [6, 6.07) is 13.1. The number of amides is 2. The Morgan fingerprint density at radius 1 is 1.20 bits per heavy atom. The van der Waals surface area contributed by atoms with Crippen LogP contribution in [0.2, 0.25) is 5.02 Å². The molecule has 1 aliphatic rings. The fraction of sp³-hybridized carbons (Fsp3) is 0.167. The van der Waals surface area contributed by atoms with Gasteiger partial charge in [-0.2, -0.15) is 5.26 Å². The maximum Gasteiger partial charge on any atom is 0.258 e. The van der Waals surface area contributed by atoms with Crippen LogP contribution in [0.4, 0.5) is 5.69 Å². The van der Waals surface area contributed by atoms with Gasteiger partial charge in [0.1, 0.15) is 18.4 Å². The molecule has 0 atom stereocenters. The Kier molecular flexibility index (Phi) is 4.59. The second kappa shape index (κ2) is 6.83. The molecule has 6 nitrogen and oxygen atoms in total. The minimum absolute atomic E-state index is 0.100. The minimum atomic E-state index is -0.435. The summed E-state index contributed by atoms with van der Waals surface area (Å²) in [7, 11) is 0. The molecular formula is C18H14ClN3O3. The number of para-hydroxylation sites is 1. The first-order chi connectivity index (χ1) is 12.0. The van der Waals surface area contributed by atoms with Crippen LogP contribution in [-0.2, 0) is 4.79 Å². The molecule has 0 aromatic heterocycles. The van der Waals surface area contributed by atoms with E-state index >= 15 is 0 Å². The average Bonchev–Trinajstić information content (AvgIpc) is 2.61. The Morgan fingerprint density at radius 2 is 1.96 bits per heavy atom. The summed E-state index contributed by atoms with van der Waals surface area (Å²) in [6.45, 7) is 0.449. The smallest absolute Gasteiger partial charge is 0.258 e. The SMILES string of the molecule is N#Cc1ccccc1N1CCN(C(=O)c2ccc(Cl)cc2O)CC1=O. The van der Waals surface area contributed by atoms with Crippen LogP contribution in [0.15, 0.2) is 42.5 Å². The number of nitrogens with zero attached hydrogens (tertiary/aromatic N) is 3. The van der Waals surface area contributed by atoms with Crippen LogP contribution in [0, 0.1) is 11.3 Å². The zero-order chi connectivity index (χ0) is 18.0. The van der Waals surface area contributed by atoms with Gasteiger partial charge >= 0.3 is 0 Å². The largest absolute Gasteiger partial charge is 0.507 e. The molecule has 2 aromatic carbocycles. The monoisotopic (exact) mass is 355 g/mol. The molecular weight excluding hydrogens is 342 g/mol. The Balaban J connectivity index is 1.79. The van der Waals surface area contributed by atoms with Gasteiger partial charge in [-0.15, -0.1) is 0 Å². The molecule has 1 heterocycles. The van der Waals surface area contributed by atoms with E-state index in [2.05, 4.69) is 6.07 Å². The molecule has 1 fully saturated rings. The number of hydrogen-bond donors (Lipinski definition) is 1. The molecule has 1 aliphatic heterocycles. The Labute approximate surface area is 149 Å². The highest BCUT2D eigenvalue weighted by Gasteiger charge is 2.30. The van der Waals surface area contributed by atoms with Gasteiger partial charge in [-0.25, -0.2) is 0 Å². The number of phenolic OH excluding ortho intramolecular Hbond substituents is 1. The highest BCUT2D eigenvalue weighted by atomic mass is 35.5. The molecule has 0 bridgehead atoms. The van der Waals surface area contributed by atoms with Crippen molar-refractivity contribution < 1.29 is 14.7 Å². The van der Waals surface area contributed by atoms with E-state index in [-0.39, 0.29) is 30.3 Å². The van der Waals surface area contributed by atoms with Crippen molar-refractivity contribution in [3.05, 3.63) is 58.6 Å². The highest BCUT2D eigenvalue weighted by molar-refractivity contribution is 6.30. The maximum absolute atomic E-state index is 12.5. The first-order valence-corrected chi connectivity index (χ1v) is 7.96. The minimum Gasteiger partial charge on any atom is -0.507 e. The van der Waals surface area contributed by atoms with Crippen molar-refractivity contribution in [2.24, 2.45) is 0 Å². The summed E-state index contributed by atoms with van der Waals surface area (Å²) in [5, 5.41) is 19.4. The summed E-state index contributed by atoms with van der Waals surface area (Å²) >= 11 is 5.77. The lowest BCUT2D eigenvalue weighted by atomic mass is 10.1. The number of anilines is 1. The van der Waals surface area contributed by atoms with Crippen LogP contribution in [0.25, 0.3) is 0 Å². The van der Waals surface area contributed by atoms with Crippen molar-refractivity contribution >= 4 is 29.1 Å². The number of hydrogen-bond acceptors (Lipinski definition) is 4. The molecule has 0 aliphatic carbocycles. The summed E-state index contributed by atoms with van der Waals surface area (Å²) < 4.78 is 0. The first-order valence-electron chi connectivity index (χ1n) is 7.58. The third kappa shape index (κ3) is 3.28. The van der Waals surface area contributed by atoms with E-state index in [0.29, 0.717) is 22.8 Å². The number of carbonyl (C=O) groups excluding carboxylic acids is 2. The fourth-order valence-electron chi connectivity index (χ4n) is 2.76. The Bertz CT molecular complexity index is 891. The molecule has 2 amide bonds. The van der Waals surface area contributed by atoms with E-state index in [1.54, 1.807) is 24.3 Å². The van der Waals surface area contributed by atoms with Gasteiger partial charge in [0.15, 0.2) is 0 Å². The number of carbonyl (C=O) groups is 2. The van der Waals surface area contributed by atoms with E-state index in [0.717, 1.165) is 0 Å². The number of nitriles is 1. The van der Waals surface area contributed by atoms with Crippen molar-refractivity contribution in [2.75, 3.05) is 24.5 Å². The van der Waals surface area contributed by atoms with Gasteiger partial charge in [-0.05, 0) is 30.3 Å². The summed E-state index contributed by atoms with van der Waals surface area (Å²) in [4.78, 5) is 27.9. The third-order valence-electron chi connectivity index (χ3n) is 4.01. The zero-order valence-electron chi connectivity index (χ0n) is 13.1. The topological polar surface area (TPSA) is 84.6 Å². The lowest BCUT2D eigenvalue weighted by molar-refractivity contribution is -0.120. The Hall–Kier alpha value is -3.04. The van der Waals surface area contributed by atoms with E-state index in [9.17, 15) is 20.0 Å². The molecule has 0 unspecified atom stereocenters. The van der Waals surface area contributed by atoms with E-state index in [1.807, 2.05) is 0 Å². The van der Waals surface area contributed by atoms with Gasteiger partial charge in [0, 0.05) is 18.1 Å².